The highest BCUT2D eigenvalue weighted by atomic mass is 32.2. The van der Waals surface area contributed by atoms with Gasteiger partial charge in [-0.1, -0.05) is 39.0 Å². The summed E-state index contributed by atoms with van der Waals surface area (Å²) in [6.07, 6.45) is 1.59. The van der Waals surface area contributed by atoms with Gasteiger partial charge in [0.25, 0.3) is 0 Å². The molecule has 0 saturated heterocycles. The lowest BCUT2D eigenvalue weighted by Crippen LogP contribution is -2.24. The maximum atomic E-state index is 12.2. The van der Waals surface area contributed by atoms with Crippen LogP contribution in [0.5, 0.6) is 0 Å². The second kappa shape index (κ2) is 6.97. The first-order valence-electron chi connectivity index (χ1n) is 6.91. The van der Waals surface area contributed by atoms with Crippen molar-refractivity contribution in [2.45, 2.75) is 33.7 Å². The number of benzene rings is 1. The second-order valence-electron chi connectivity index (χ2n) is 6.48. The van der Waals surface area contributed by atoms with Gasteiger partial charge >= 0.3 is 0 Å². The van der Waals surface area contributed by atoms with Crippen molar-refractivity contribution in [3.63, 3.8) is 0 Å². The smallest absolute Gasteiger partial charge is 0.232 e. The number of hydrogen-bond donors (Lipinski definition) is 2. The minimum Gasteiger partial charge on any atom is -0.283 e. The van der Waals surface area contributed by atoms with E-state index in [9.17, 15) is 16.8 Å². The van der Waals surface area contributed by atoms with Crippen molar-refractivity contribution >= 4 is 25.7 Å². The Morgan fingerprint density at radius 2 is 1.64 bits per heavy atom. The zero-order chi connectivity index (χ0) is 17.0. The van der Waals surface area contributed by atoms with Crippen LogP contribution in [0.3, 0.4) is 0 Å². The predicted molar refractivity (Wildman–Crippen MR) is 89.6 cm³/mol. The summed E-state index contributed by atoms with van der Waals surface area (Å²) in [4.78, 5) is 0. The van der Waals surface area contributed by atoms with Gasteiger partial charge in [0.2, 0.25) is 20.0 Å². The Bertz CT molecular complexity index is 705. The first-order chi connectivity index (χ1) is 9.88. The summed E-state index contributed by atoms with van der Waals surface area (Å²) in [5.41, 5.74) is 0.895. The SMILES string of the molecule is CC(C)(C)CCS(=O)(=O)Nc1ccccc1CNS(C)(=O)=O. The van der Waals surface area contributed by atoms with E-state index in [1.165, 1.54) is 0 Å². The molecule has 0 aliphatic rings. The molecule has 22 heavy (non-hydrogen) atoms. The second-order valence-corrected chi connectivity index (χ2v) is 10.2. The molecule has 0 amide bonds. The van der Waals surface area contributed by atoms with Gasteiger partial charge in [0.1, 0.15) is 0 Å². The monoisotopic (exact) mass is 348 g/mol. The first-order valence-corrected chi connectivity index (χ1v) is 10.5. The van der Waals surface area contributed by atoms with Crippen LogP contribution in [0.15, 0.2) is 24.3 Å². The van der Waals surface area contributed by atoms with Crippen molar-refractivity contribution in [3.05, 3.63) is 29.8 Å². The number of hydrogen-bond acceptors (Lipinski definition) is 4. The fraction of sp³-hybridized carbons (Fsp3) is 0.571. The minimum absolute atomic E-state index is 0.0182. The van der Waals surface area contributed by atoms with Gasteiger partial charge in [-0.2, -0.15) is 0 Å². The van der Waals surface area contributed by atoms with Crippen molar-refractivity contribution in [1.82, 2.24) is 4.72 Å². The summed E-state index contributed by atoms with van der Waals surface area (Å²) in [6, 6.07) is 6.73. The van der Waals surface area contributed by atoms with Gasteiger partial charge in [0.05, 0.1) is 17.7 Å². The Balaban J connectivity index is 2.85. The number of rotatable bonds is 7. The highest BCUT2D eigenvalue weighted by Crippen LogP contribution is 2.21. The van der Waals surface area contributed by atoms with E-state index < -0.39 is 20.0 Å². The summed E-state index contributed by atoms with van der Waals surface area (Å²) >= 11 is 0. The van der Waals surface area contributed by atoms with Crippen molar-refractivity contribution in [1.29, 1.82) is 0 Å². The minimum atomic E-state index is -3.47. The number of sulfonamides is 2. The van der Waals surface area contributed by atoms with E-state index in [4.69, 9.17) is 0 Å². The molecule has 0 heterocycles. The van der Waals surface area contributed by atoms with Crippen LogP contribution >= 0.6 is 0 Å². The maximum Gasteiger partial charge on any atom is 0.232 e. The van der Waals surface area contributed by atoms with Crippen LogP contribution in [0.2, 0.25) is 0 Å². The summed E-state index contributed by atoms with van der Waals surface area (Å²) in [5.74, 6) is 0.0182. The first kappa shape index (κ1) is 18.9. The third kappa shape index (κ3) is 7.77. The molecule has 1 rings (SSSR count). The lowest BCUT2D eigenvalue weighted by Gasteiger charge is -2.19. The molecule has 0 unspecified atom stereocenters. The molecule has 0 spiro atoms. The number of nitrogens with one attached hydrogen (secondary N) is 2. The van der Waals surface area contributed by atoms with Crippen molar-refractivity contribution in [2.75, 3.05) is 16.7 Å². The third-order valence-electron chi connectivity index (χ3n) is 2.93. The van der Waals surface area contributed by atoms with E-state index in [1.54, 1.807) is 24.3 Å². The van der Waals surface area contributed by atoms with Crippen molar-refractivity contribution in [2.24, 2.45) is 5.41 Å². The molecule has 126 valence electrons. The molecule has 0 saturated carbocycles. The standard InChI is InChI=1S/C14H24N2O4S2/c1-14(2,3)9-10-22(19,20)16-13-8-6-5-7-12(13)11-15-21(4,17)18/h5-8,15-16H,9-11H2,1-4H3. The molecule has 0 fully saturated rings. The van der Waals surface area contributed by atoms with E-state index in [-0.39, 0.29) is 17.7 Å². The molecule has 1 aromatic rings. The van der Waals surface area contributed by atoms with E-state index in [0.717, 1.165) is 6.26 Å². The van der Waals surface area contributed by atoms with Crippen LogP contribution in [0, 0.1) is 5.41 Å². The number of para-hydroxylation sites is 1. The van der Waals surface area contributed by atoms with Crippen LogP contribution in [-0.4, -0.2) is 28.8 Å². The van der Waals surface area contributed by atoms with E-state index in [0.29, 0.717) is 17.7 Å². The molecular formula is C14H24N2O4S2. The molecule has 1 aromatic carbocycles. The summed E-state index contributed by atoms with van der Waals surface area (Å²) in [5, 5.41) is 0. The zero-order valence-electron chi connectivity index (χ0n) is 13.4. The van der Waals surface area contributed by atoms with Gasteiger partial charge in [0.15, 0.2) is 0 Å². The molecular weight excluding hydrogens is 324 g/mol. The fourth-order valence-electron chi connectivity index (χ4n) is 1.64. The molecule has 0 atom stereocenters. The summed E-state index contributed by atoms with van der Waals surface area (Å²) in [6.45, 7) is 5.97. The predicted octanol–water partition coefficient (Wildman–Crippen LogP) is 1.91. The average Bonchev–Trinajstić information content (AvgIpc) is 2.33. The normalized spacial score (nSPS) is 13.1. The lowest BCUT2D eigenvalue weighted by molar-refractivity contribution is 0.397. The lowest BCUT2D eigenvalue weighted by atomic mass is 9.94. The summed E-state index contributed by atoms with van der Waals surface area (Å²) < 4.78 is 51.5. The Morgan fingerprint density at radius 3 is 2.18 bits per heavy atom. The van der Waals surface area contributed by atoms with Crippen molar-refractivity contribution in [3.8, 4) is 0 Å². The van der Waals surface area contributed by atoms with Crippen LogP contribution in [0.25, 0.3) is 0 Å². The van der Waals surface area contributed by atoms with Crippen LogP contribution < -0.4 is 9.44 Å². The van der Waals surface area contributed by atoms with Crippen molar-refractivity contribution < 1.29 is 16.8 Å². The third-order valence-corrected chi connectivity index (χ3v) is 4.87. The molecule has 2 N–H and O–H groups in total. The molecule has 0 aromatic heterocycles. The topological polar surface area (TPSA) is 92.3 Å². The van der Waals surface area contributed by atoms with E-state index >= 15 is 0 Å². The molecule has 6 nitrogen and oxygen atoms in total. The van der Waals surface area contributed by atoms with Gasteiger partial charge in [0, 0.05) is 6.54 Å². The van der Waals surface area contributed by atoms with Gasteiger partial charge in [-0.05, 0) is 23.5 Å². The van der Waals surface area contributed by atoms with Gasteiger partial charge in [-0.15, -0.1) is 0 Å². The maximum absolute atomic E-state index is 12.2. The van der Waals surface area contributed by atoms with Gasteiger partial charge in [-0.3, -0.25) is 4.72 Å². The molecule has 0 aliphatic heterocycles. The highest BCUT2D eigenvalue weighted by molar-refractivity contribution is 7.92. The zero-order valence-corrected chi connectivity index (χ0v) is 15.0. The Labute approximate surface area is 133 Å². The number of anilines is 1. The molecule has 0 bridgehead atoms. The quantitative estimate of drug-likeness (QED) is 0.787. The van der Waals surface area contributed by atoms with Crippen LogP contribution in [0.1, 0.15) is 32.8 Å². The largest absolute Gasteiger partial charge is 0.283 e. The molecule has 8 heteroatoms. The molecule has 0 radical (unpaired) electrons. The molecule has 0 aliphatic carbocycles. The van der Waals surface area contributed by atoms with Crippen LogP contribution in [-0.2, 0) is 26.6 Å². The van der Waals surface area contributed by atoms with Gasteiger partial charge in [-0.25, -0.2) is 21.6 Å². The average molecular weight is 348 g/mol. The summed E-state index contributed by atoms with van der Waals surface area (Å²) in [7, 11) is -6.81. The fourth-order valence-corrected chi connectivity index (χ4v) is 3.58. The Morgan fingerprint density at radius 1 is 1.05 bits per heavy atom. The van der Waals surface area contributed by atoms with E-state index in [2.05, 4.69) is 9.44 Å². The van der Waals surface area contributed by atoms with Crippen LogP contribution in [0.4, 0.5) is 5.69 Å². The van der Waals surface area contributed by atoms with Gasteiger partial charge < -0.3 is 0 Å². The van der Waals surface area contributed by atoms with E-state index in [1.807, 2.05) is 20.8 Å². The Kier molecular flexibility index (Phi) is 6.00. The Hall–Kier alpha value is -1.12. The highest BCUT2D eigenvalue weighted by Gasteiger charge is 2.18.